The molecule has 0 radical (unpaired) electrons. The zero-order valence-corrected chi connectivity index (χ0v) is 9.24. The number of hydrogen-bond donors (Lipinski definition) is 0. The van der Waals surface area contributed by atoms with Crippen LogP contribution in [0.4, 0.5) is 0 Å². The van der Waals surface area contributed by atoms with Crippen molar-refractivity contribution in [1.29, 1.82) is 0 Å². The highest BCUT2D eigenvalue weighted by Gasteiger charge is 2.31. The molecule has 0 rings (SSSR count). The predicted molar refractivity (Wildman–Crippen MR) is 46.7 cm³/mol. The van der Waals surface area contributed by atoms with Crippen LogP contribution in [0.25, 0.3) is 0 Å². The van der Waals surface area contributed by atoms with Gasteiger partial charge in [0.15, 0.2) is 9.84 Å². The molecule has 0 fully saturated rings. The van der Waals surface area contributed by atoms with E-state index in [0.29, 0.717) is 0 Å². The van der Waals surface area contributed by atoms with E-state index in [1.807, 2.05) is 0 Å². The molecule has 0 aromatic heterocycles. The Hall–Kier alpha value is -0.140. The minimum absolute atomic E-state index is 0.375. The molecule has 0 heterocycles. The van der Waals surface area contributed by atoms with Crippen LogP contribution in [0.5, 0.6) is 0 Å². The van der Waals surface area contributed by atoms with Gasteiger partial charge in [-0.25, -0.2) is 12.3 Å². The molecular weight excluding hydrogens is 202 g/mol. The fraction of sp³-hybridized carbons (Fsp3) is 1.00. The normalized spacial score (nSPS) is 14.7. The van der Waals surface area contributed by atoms with Gasteiger partial charge in [0.05, 0.1) is 21.1 Å². The van der Waals surface area contributed by atoms with Gasteiger partial charge in [-0.15, -0.1) is 0 Å². The Morgan fingerprint density at radius 3 is 1.42 bits per heavy atom. The molecule has 0 saturated heterocycles. The van der Waals surface area contributed by atoms with Gasteiger partial charge in [-0.05, 0) is 0 Å². The number of quaternary nitrogens is 1. The predicted octanol–water partition coefficient (Wildman–Crippen LogP) is -0.975. The molecule has 0 aromatic carbocycles. The highest BCUT2D eigenvalue weighted by molar-refractivity contribution is 8.05. The van der Waals surface area contributed by atoms with Gasteiger partial charge in [0.1, 0.15) is 0 Å². The third-order valence-electron chi connectivity index (χ3n) is 1.20. The Labute approximate surface area is 73.6 Å². The maximum Gasteiger partial charge on any atom is 0.310 e. The molecule has 0 atom stereocenters. The summed E-state index contributed by atoms with van der Waals surface area (Å²) in [6.45, 7) is 0. The first kappa shape index (κ1) is 11.9. The molecular formula is C5H14NO4S2+. The van der Waals surface area contributed by atoms with Crippen LogP contribution >= 0.6 is 0 Å². The third-order valence-corrected chi connectivity index (χ3v) is 5.77. The fourth-order valence-corrected chi connectivity index (χ4v) is 3.86. The van der Waals surface area contributed by atoms with Gasteiger partial charge >= 0.3 is 10.0 Å². The first-order valence-corrected chi connectivity index (χ1v) is 6.85. The Morgan fingerprint density at radius 1 is 1.00 bits per heavy atom. The zero-order valence-electron chi connectivity index (χ0n) is 7.60. The van der Waals surface area contributed by atoms with E-state index in [-0.39, 0.29) is 3.89 Å². The Kier molecular flexibility index (Phi) is 2.93. The lowest BCUT2D eigenvalue weighted by molar-refractivity contribution is -0.738. The molecule has 7 heteroatoms. The molecule has 0 aliphatic carbocycles. The van der Waals surface area contributed by atoms with Crippen molar-refractivity contribution in [2.45, 2.75) is 0 Å². The average molecular weight is 216 g/mol. The number of nitrogens with zero attached hydrogens (tertiary/aromatic N) is 1. The standard InChI is InChI=1S/C5H14NO4S2/c1-6(2,3)12(9,10)5-11(4,7)8/h5H2,1-4H3/q+1. The van der Waals surface area contributed by atoms with Crippen LogP contribution in [0.2, 0.25) is 0 Å². The fourth-order valence-electron chi connectivity index (χ4n) is 0.429. The van der Waals surface area contributed by atoms with E-state index >= 15 is 0 Å². The topological polar surface area (TPSA) is 68.3 Å². The van der Waals surface area contributed by atoms with E-state index in [4.69, 9.17) is 0 Å². The Morgan fingerprint density at radius 2 is 1.33 bits per heavy atom. The lowest BCUT2D eigenvalue weighted by Gasteiger charge is -2.22. The molecule has 5 nitrogen and oxygen atoms in total. The zero-order chi connectivity index (χ0) is 10.2. The molecule has 0 unspecified atom stereocenters. The maximum absolute atomic E-state index is 11.3. The van der Waals surface area contributed by atoms with Crippen LogP contribution in [-0.2, 0) is 19.9 Å². The second-order valence-electron chi connectivity index (χ2n) is 3.51. The van der Waals surface area contributed by atoms with Crippen molar-refractivity contribution in [3.05, 3.63) is 0 Å². The Balaban J connectivity index is 4.96. The number of hydrogen-bond acceptors (Lipinski definition) is 4. The third kappa shape index (κ3) is 3.51. The van der Waals surface area contributed by atoms with E-state index in [0.717, 1.165) is 6.26 Å². The van der Waals surface area contributed by atoms with Crippen molar-refractivity contribution in [3.63, 3.8) is 0 Å². The van der Waals surface area contributed by atoms with E-state index in [2.05, 4.69) is 0 Å². The lowest BCUT2D eigenvalue weighted by atomic mass is 11.0. The second kappa shape index (κ2) is 2.97. The van der Waals surface area contributed by atoms with Crippen LogP contribution in [0.1, 0.15) is 0 Å². The van der Waals surface area contributed by atoms with E-state index in [1.54, 1.807) is 0 Å². The molecule has 0 amide bonds. The summed E-state index contributed by atoms with van der Waals surface area (Å²) in [7, 11) is -2.82. The van der Waals surface area contributed by atoms with Crippen molar-refractivity contribution >= 4 is 19.9 Å². The van der Waals surface area contributed by atoms with Gasteiger partial charge in [0, 0.05) is 6.26 Å². The van der Waals surface area contributed by atoms with Gasteiger partial charge in [-0.2, -0.15) is 8.42 Å². The van der Waals surface area contributed by atoms with Crippen LogP contribution in [0.3, 0.4) is 0 Å². The van der Waals surface area contributed by atoms with E-state index in [9.17, 15) is 16.8 Å². The number of sulfonamides is 1. The summed E-state index contributed by atoms with van der Waals surface area (Å²) in [6.07, 6.45) is 0.903. The van der Waals surface area contributed by atoms with Gasteiger partial charge in [-0.1, -0.05) is 0 Å². The summed E-state index contributed by atoms with van der Waals surface area (Å²) in [5.74, 6) is 0. The summed E-state index contributed by atoms with van der Waals surface area (Å²) in [4.78, 5) is 0. The average Bonchev–Trinajstić information content (AvgIpc) is 1.52. The van der Waals surface area contributed by atoms with Gasteiger partial charge in [-0.3, -0.25) is 0 Å². The van der Waals surface area contributed by atoms with Gasteiger partial charge in [0.25, 0.3) is 0 Å². The molecule has 0 aromatic rings. The summed E-state index contributed by atoms with van der Waals surface area (Å²) in [5, 5.41) is -0.802. The first-order chi connectivity index (χ1) is 4.96. The minimum Gasteiger partial charge on any atom is -0.228 e. The van der Waals surface area contributed by atoms with Crippen LogP contribution in [0, 0.1) is 0 Å². The highest BCUT2D eigenvalue weighted by Crippen LogP contribution is 2.06. The van der Waals surface area contributed by atoms with E-state index < -0.39 is 24.9 Å². The van der Waals surface area contributed by atoms with E-state index in [1.165, 1.54) is 21.1 Å². The molecule has 74 valence electrons. The maximum atomic E-state index is 11.3. The minimum atomic E-state index is -3.61. The lowest BCUT2D eigenvalue weighted by Crippen LogP contribution is -2.44. The number of rotatable bonds is 3. The molecule has 0 N–H and O–H groups in total. The van der Waals surface area contributed by atoms with Crippen LogP contribution < -0.4 is 0 Å². The van der Waals surface area contributed by atoms with Crippen molar-refractivity contribution in [1.82, 2.24) is 0 Å². The number of sulfone groups is 1. The molecule has 12 heavy (non-hydrogen) atoms. The van der Waals surface area contributed by atoms with Gasteiger partial charge < -0.3 is 0 Å². The summed E-state index contributed by atoms with van der Waals surface area (Å²) < 4.78 is 43.6. The summed E-state index contributed by atoms with van der Waals surface area (Å²) in [6, 6.07) is 0. The van der Waals surface area contributed by atoms with Crippen molar-refractivity contribution in [2.24, 2.45) is 0 Å². The molecule has 0 bridgehead atoms. The molecule has 0 aliphatic rings. The van der Waals surface area contributed by atoms with Crippen molar-refractivity contribution in [2.75, 3.05) is 32.5 Å². The second-order valence-corrected chi connectivity index (χ2v) is 8.57. The first-order valence-electron chi connectivity index (χ1n) is 3.18. The molecule has 0 aliphatic heterocycles. The highest BCUT2D eigenvalue weighted by atomic mass is 32.3. The van der Waals surface area contributed by atoms with Crippen LogP contribution in [0.15, 0.2) is 0 Å². The van der Waals surface area contributed by atoms with Crippen molar-refractivity contribution < 1.29 is 20.7 Å². The molecule has 0 spiro atoms. The smallest absolute Gasteiger partial charge is 0.228 e. The monoisotopic (exact) mass is 216 g/mol. The van der Waals surface area contributed by atoms with Gasteiger partial charge in [0.2, 0.25) is 5.08 Å². The van der Waals surface area contributed by atoms with Crippen LogP contribution in [-0.4, -0.2) is 53.2 Å². The molecule has 0 saturated carbocycles. The largest absolute Gasteiger partial charge is 0.310 e. The van der Waals surface area contributed by atoms with Crippen molar-refractivity contribution in [3.8, 4) is 0 Å². The summed E-state index contributed by atoms with van der Waals surface area (Å²) in [5.41, 5.74) is 0. The quantitative estimate of drug-likeness (QED) is 0.569. The Bertz CT molecular complexity index is 345. The SMILES string of the molecule is C[N+](C)(C)S(=O)(=O)CS(C)(=O)=O. The summed E-state index contributed by atoms with van der Waals surface area (Å²) >= 11 is 0.